The third-order valence-electron chi connectivity index (χ3n) is 3.58. The van der Waals surface area contributed by atoms with E-state index in [1.54, 1.807) is 0 Å². The normalized spacial score (nSPS) is 17.8. The first-order valence-electron chi connectivity index (χ1n) is 7.09. The highest BCUT2D eigenvalue weighted by Gasteiger charge is 2.29. The van der Waals surface area contributed by atoms with E-state index in [2.05, 4.69) is 10.1 Å². The molecule has 1 aromatic heterocycles. The van der Waals surface area contributed by atoms with Crippen molar-refractivity contribution >= 4 is 5.91 Å². The average Bonchev–Trinajstić information content (AvgIpc) is 3.12. The molecular weight excluding hydrogens is 350 g/mol. The molecule has 3 rings (SSSR count). The van der Waals surface area contributed by atoms with Gasteiger partial charge in [-0.15, -0.1) is 0 Å². The van der Waals surface area contributed by atoms with Gasteiger partial charge in [-0.25, -0.2) is 13.2 Å². The van der Waals surface area contributed by atoms with E-state index in [1.165, 1.54) is 4.90 Å². The van der Waals surface area contributed by atoms with Crippen LogP contribution in [0.1, 0.15) is 10.6 Å². The van der Waals surface area contributed by atoms with Gasteiger partial charge in [-0.3, -0.25) is 4.79 Å². The number of carbonyl (C=O) groups excluding carboxylic acids is 1. The molecule has 0 aliphatic carbocycles. The standard InChI is InChI=1S/C14H11F4N3O4/c15-4-6-5-21(1-2-24-6)14(23)12-19-13(25-20-12)7-3-8(16)10(18)11(22)9(7)17/h3,6,22H,1-2,4-5H2. The van der Waals surface area contributed by atoms with Gasteiger partial charge in [-0.2, -0.15) is 9.37 Å². The van der Waals surface area contributed by atoms with Crippen molar-refractivity contribution in [3.05, 3.63) is 29.3 Å². The lowest BCUT2D eigenvalue weighted by molar-refractivity contribution is -0.0314. The number of carbonyl (C=O) groups is 1. The largest absolute Gasteiger partial charge is 0.503 e. The third-order valence-corrected chi connectivity index (χ3v) is 3.58. The summed E-state index contributed by atoms with van der Waals surface area (Å²) in [5.74, 6) is -8.15. The molecule has 7 nitrogen and oxygen atoms in total. The molecule has 1 saturated heterocycles. The number of nitrogens with zero attached hydrogens (tertiary/aromatic N) is 3. The summed E-state index contributed by atoms with van der Waals surface area (Å²) in [7, 11) is 0. The molecule has 2 heterocycles. The zero-order valence-electron chi connectivity index (χ0n) is 12.5. The number of aromatic nitrogens is 2. The van der Waals surface area contributed by atoms with Crippen LogP contribution in [0.2, 0.25) is 0 Å². The first-order valence-corrected chi connectivity index (χ1v) is 7.09. The zero-order valence-corrected chi connectivity index (χ0v) is 12.5. The average molecular weight is 361 g/mol. The topological polar surface area (TPSA) is 88.7 Å². The van der Waals surface area contributed by atoms with Gasteiger partial charge in [-0.05, 0) is 6.07 Å². The highest BCUT2D eigenvalue weighted by molar-refractivity contribution is 5.90. The Labute approximate surface area is 137 Å². The second-order valence-corrected chi connectivity index (χ2v) is 5.20. The van der Waals surface area contributed by atoms with Crippen LogP contribution in [0, 0.1) is 17.5 Å². The number of amides is 1. The van der Waals surface area contributed by atoms with E-state index < -0.39 is 59.2 Å². The van der Waals surface area contributed by atoms with Crippen LogP contribution in [0.25, 0.3) is 11.5 Å². The Bertz CT molecular complexity index is 814. The van der Waals surface area contributed by atoms with Crippen molar-refractivity contribution < 1.29 is 36.7 Å². The molecule has 11 heteroatoms. The van der Waals surface area contributed by atoms with E-state index in [1.807, 2.05) is 0 Å². The van der Waals surface area contributed by atoms with Crippen LogP contribution in [-0.4, -0.2) is 58.5 Å². The second kappa shape index (κ2) is 6.67. The molecule has 25 heavy (non-hydrogen) atoms. The van der Waals surface area contributed by atoms with Gasteiger partial charge in [0.05, 0.1) is 12.2 Å². The number of hydrogen-bond acceptors (Lipinski definition) is 6. The van der Waals surface area contributed by atoms with Gasteiger partial charge in [0.25, 0.3) is 17.6 Å². The fourth-order valence-electron chi connectivity index (χ4n) is 2.30. The smallest absolute Gasteiger partial charge is 0.295 e. The summed E-state index contributed by atoms with van der Waals surface area (Å²) in [6.45, 7) is -0.517. The number of alkyl halides is 1. The minimum atomic E-state index is -1.76. The summed E-state index contributed by atoms with van der Waals surface area (Å²) in [6.07, 6.45) is -0.773. The molecule has 0 saturated carbocycles. The van der Waals surface area contributed by atoms with Crippen molar-refractivity contribution in [1.82, 2.24) is 15.0 Å². The molecular formula is C14H11F4N3O4. The minimum Gasteiger partial charge on any atom is -0.503 e. The number of hydrogen-bond donors (Lipinski definition) is 1. The van der Waals surface area contributed by atoms with Crippen molar-refractivity contribution in [2.24, 2.45) is 0 Å². The third kappa shape index (κ3) is 3.14. The molecule has 1 N–H and O–H groups in total. The monoisotopic (exact) mass is 361 g/mol. The first kappa shape index (κ1) is 17.1. The molecule has 2 aromatic rings. The number of halogens is 4. The Balaban J connectivity index is 1.87. The molecule has 1 fully saturated rings. The van der Waals surface area contributed by atoms with Gasteiger partial charge in [0.1, 0.15) is 12.8 Å². The van der Waals surface area contributed by atoms with Gasteiger partial charge < -0.3 is 19.3 Å². The van der Waals surface area contributed by atoms with E-state index in [0.29, 0.717) is 6.07 Å². The van der Waals surface area contributed by atoms with Crippen LogP contribution in [0.3, 0.4) is 0 Å². The Morgan fingerprint density at radius 2 is 2.12 bits per heavy atom. The quantitative estimate of drug-likeness (QED) is 0.661. The van der Waals surface area contributed by atoms with E-state index in [-0.39, 0.29) is 19.7 Å². The lowest BCUT2D eigenvalue weighted by Gasteiger charge is -2.30. The summed E-state index contributed by atoms with van der Waals surface area (Å²) in [5, 5.41) is 12.6. The van der Waals surface area contributed by atoms with E-state index >= 15 is 0 Å². The van der Waals surface area contributed by atoms with Crippen LogP contribution >= 0.6 is 0 Å². The van der Waals surface area contributed by atoms with E-state index in [9.17, 15) is 27.5 Å². The zero-order chi connectivity index (χ0) is 18.1. The van der Waals surface area contributed by atoms with E-state index in [0.717, 1.165) is 0 Å². The molecule has 1 amide bonds. The molecule has 1 aromatic carbocycles. The Hall–Kier alpha value is -2.69. The molecule has 134 valence electrons. The number of aromatic hydroxyl groups is 1. The molecule has 0 spiro atoms. The van der Waals surface area contributed by atoms with Crippen molar-refractivity contribution in [1.29, 1.82) is 0 Å². The van der Waals surface area contributed by atoms with Crippen molar-refractivity contribution in [3.63, 3.8) is 0 Å². The maximum Gasteiger partial charge on any atom is 0.295 e. The lowest BCUT2D eigenvalue weighted by Crippen LogP contribution is -2.46. The Kier molecular flexibility index (Phi) is 4.57. The van der Waals surface area contributed by atoms with Crippen LogP contribution in [0.4, 0.5) is 17.6 Å². The van der Waals surface area contributed by atoms with Gasteiger partial charge in [0.2, 0.25) is 5.82 Å². The number of morpholine rings is 1. The predicted octanol–water partition coefficient (Wildman–Crippen LogP) is 1.67. The summed E-state index contributed by atoms with van der Waals surface area (Å²) in [4.78, 5) is 17.1. The molecule has 1 aliphatic heterocycles. The molecule has 0 radical (unpaired) electrons. The SMILES string of the molecule is O=C(c1noc(-c2cc(F)c(F)c(O)c2F)n1)N1CCOC(CF)C1. The van der Waals surface area contributed by atoms with Crippen LogP contribution < -0.4 is 0 Å². The molecule has 1 unspecified atom stereocenters. The van der Waals surface area contributed by atoms with E-state index in [4.69, 9.17) is 9.26 Å². The highest BCUT2D eigenvalue weighted by Crippen LogP contribution is 2.31. The summed E-state index contributed by atoms with van der Waals surface area (Å²) < 4.78 is 62.7. The molecule has 1 atom stereocenters. The van der Waals surface area contributed by atoms with Crippen LogP contribution in [-0.2, 0) is 4.74 Å². The predicted molar refractivity (Wildman–Crippen MR) is 72.9 cm³/mol. The fraction of sp³-hybridized carbons (Fsp3) is 0.357. The van der Waals surface area contributed by atoms with Crippen LogP contribution in [0.5, 0.6) is 5.75 Å². The van der Waals surface area contributed by atoms with Gasteiger partial charge in [-0.1, -0.05) is 5.16 Å². The highest BCUT2D eigenvalue weighted by atomic mass is 19.2. The van der Waals surface area contributed by atoms with Crippen molar-refractivity contribution in [2.75, 3.05) is 26.4 Å². The summed E-state index contributed by atoms with van der Waals surface area (Å²) in [5.41, 5.74) is -0.702. The van der Waals surface area contributed by atoms with Gasteiger partial charge >= 0.3 is 0 Å². The van der Waals surface area contributed by atoms with Gasteiger partial charge in [0, 0.05) is 13.1 Å². The summed E-state index contributed by atoms with van der Waals surface area (Å²) >= 11 is 0. The molecule has 1 aliphatic rings. The Morgan fingerprint density at radius 1 is 1.36 bits per heavy atom. The minimum absolute atomic E-state index is 0.0282. The Morgan fingerprint density at radius 3 is 2.84 bits per heavy atom. The van der Waals surface area contributed by atoms with Crippen molar-refractivity contribution in [3.8, 4) is 17.2 Å². The molecule has 0 bridgehead atoms. The van der Waals surface area contributed by atoms with Gasteiger partial charge in [0.15, 0.2) is 17.4 Å². The maximum absolute atomic E-state index is 13.9. The van der Waals surface area contributed by atoms with Crippen molar-refractivity contribution in [2.45, 2.75) is 6.10 Å². The lowest BCUT2D eigenvalue weighted by atomic mass is 10.2. The number of rotatable bonds is 3. The number of benzene rings is 1. The summed E-state index contributed by atoms with van der Waals surface area (Å²) in [6, 6.07) is 0.417. The van der Waals surface area contributed by atoms with Crippen LogP contribution in [0.15, 0.2) is 10.6 Å². The number of ether oxygens (including phenoxy) is 1. The fourth-order valence-corrected chi connectivity index (χ4v) is 2.30. The number of phenols is 1. The maximum atomic E-state index is 13.9. The number of phenolic OH excluding ortho intramolecular Hbond substituents is 1. The second-order valence-electron chi connectivity index (χ2n) is 5.20. The first-order chi connectivity index (χ1) is 11.9.